The Kier molecular flexibility index (Phi) is 5.74. The molecule has 0 aromatic carbocycles. The van der Waals surface area contributed by atoms with Crippen molar-refractivity contribution in [3.63, 3.8) is 0 Å². The number of hydrogen-bond donors (Lipinski definition) is 1. The third kappa shape index (κ3) is 4.78. The van der Waals surface area contributed by atoms with E-state index in [1.807, 2.05) is 30.3 Å². The van der Waals surface area contributed by atoms with Crippen molar-refractivity contribution in [1.82, 2.24) is 20.1 Å². The molecular formula is C16H24N4. The highest BCUT2D eigenvalue weighted by molar-refractivity contribution is 5.12. The van der Waals surface area contributed by atoms with Crippen LogP contribution in [0.4, 0.5) is 0 Å². The van der Waals surface area contributed by atoms with E-state index in [0.717, 1.165) is 25.8 Å². The summed E-state index contributed by atoms with van der Waals surface area (Å²) in [6, 6.07) is 4.72. The lowest BCUT2D eigenvalue weighted by atomic mass is 10.0. The van der Waals surface area contributed by atoms with Gasteiger partial charge in [-0.05, 0) is 55.5 Å². The molecule has 2 rings (SSSR count). The maximum Gasteiger partial charge on any atom is 0.0521 e. The van der Waals surface area contributed by atoms with Gasteiger partial charge in [-0.15, -0.1) is 0 Å². The SMILES string of the molecule is CCCNC(CCc1cnn(C)c1)Cc1ccncc1. The second-order valence-corrected chi connectivity index (χ2v) is 5.27. The Morgan fingerprint density at radius 1 is 1.25 bits per heavy atom. The molecule has 0 aliphatic heterocycles. The van der Waals surface area contributed by atoms with Gasteiger partial charge in [0, 0.05) is 31.7 Å². The summed E-state index contributed by atoms with van der Waals surface area (Å²) in [5.74, 6) is 0. The minimum absolute atomic E-state index is 0.512. The molecule has 2 heterocycles. The fourth-order valence-corrected chi connectivity index (χ4v) is 2.37. The van der Waals surface area contributed by atoms with Gasteiger partial charge in [-0.25, -0.2) is 0 Å². The second kappa shape index (κ2) is 7.80. The predicted octanol–water partition coefficient (Wildman–Crippen LogP) is 2.36. The van der Waals surface area contributed by atoms with Crippen LogP contribution >= 0.6 is 0 Å². The first-order valence-corrected chi connectivity index (χ1v) is 7.37. The van der Waals surface area contributed by atoms with Gasteiger partial charge >= 0.3 is 0 Å². The summed E-state index contributed by atoms with van der Waals surface area (Å²) >= 11 is 0. The summed E-state index contributed by atoms with van der Waals surface area (Å²) in [5, 5.41) is 7.88. The fourth-order valence-electron chi connectivity index (χ4n) is 2.37. The number of aryl methyl sites for hydroxylation is 2. The summed E-state index contributed by atoms with van der Waals surface area (Å²) in [6.45, 7) is 3.28. The lowest BCUT2D eigenvalue weighted by Gasteiger charge is -2.18. The van der Waals surface area contributed by atoms with Gasteiger partial charge in [0.2, 0.25) is 0 Å². The molecule has 0 aliphatic rings. The molecule has 0 aliphatic carbocycles. The summed E-state index contributed by atoms with van der Waals surface area (Å²) in [7, 11) is 1.97. The van der Waals surface area contributed by atoms with Crippen LogP contribution in [-0.4, -0.2) is 27.4 Å². The zero-order chi connectivity index (χ0) is 14.2. The van der Waals surface area contributed by atoms with E-state index >= 15 is 0 Å². The van der Waals surface area contributed by atoms with Gasteiger partial charge in [0.1, 0.15) is 0 Å². The van der Waals surface area contributed by atoms with Gasteiger partial charge in [-0.2, -0.15) is 5.10 Å². The largest absolute Gasteiger partial charge is 0.314 e. The Morgan fingerprint density at radius 2 is 2.05 bits per heavy atom. The Morgan fingerprint density at radius 3 is 2.70 bits per heavy atom. The third-order valence-electron chi connectivity index (χ3n) is 3.45. The first-order valence-electron chi connectivity index (χ1n) is 7.37. The lowest BCUT2D eigenvalue weighted by Crippen LogP contribution is -2.32. The number of aromatic nitrogens is 3. The van der Waals surface area contributed by atoms with E-state index in [1.54, 1.807) is 0 Å². The molecule has 1 atom stereocenters. The van der Waals surface area contributed by atoms with Crippen LogP contribution in [0.1, 0.15) is 30.9 Å². The number of nitrogens with one attached hydrogen (secondary N) is 1. The normalized spacial score (nSPS) is 12.5. The van der Waals surface area contributed by atoms with Gasteiger partial charge in [-0.1, -0.05) is 6.92 Å². The highest BCUT2D eigenvalue weighted by atomic mass is 15.2. The molecule has 0 saturated heterocycles. The van der Waals surface area contributed by atoms with Crippen molar-refractivity contribution in [2.24, 2.45) is 7.05 Å². The van der Waals surface area contributed by atoms with Gasteiger partial charge in [0.15, 0.2) is 0 Å². The van der Waals surface area contributed by atoms with E-state index in [4.69, 9.17) is 0 Å². The molecule has 2 aromatic rings. The van der Waals surface area contributed by atoms with Crippen LogP contribution in [0.25, 0.3) is 0 Å². The molecular weight excluding hydrogens is 248 g/mol. The minimum atomic E-state index is 0.512. The smallest absolute Gasteiger partial charge is 0.0521 e. The molecule has 1 N–H and O–H groups in total. The maximum absolute atomic E-state index is 4.23. The molecule has 0 saturated carbocycles. The van der Waals surface area contributed by atoms with Crippen molar-refractivity contribution >= 4 is 0 Å². The average molecular weight is 272 g/mol. The minimum Gasteiger partial charge on any atom is -0.314 e. The van der Waals surface area contributed by atoms with Crippen molar-refractivity contribution in [3.8, 4) is 0 Å². The zero-order valence-corrected chi connectivity index (χ0v) is 12.4. The molecule has 20 heavy (non-hydrogen) atoms. The van der Waals surface area contributed by atoms with Gasteiger partial charge < -0.3 is 5.32 Å². The topological polar surface area (TPSA) is 42.7 Å². The predicted molar refractivity (Wildman–Crippen MR) is 81.6 cm³/mol. The standard InChI is InChI=1S/C16H24N4/c1-3-8-18-16(11-14-6-9-17-10-7-14)5-4-15-12-19-20(2)13-15/h6-7,9-10,12-13,16,18H,3-5,8,11H2,1-2H3. The van der Waals surface area contributed by atoms with Crippen LogP contribution in [0, 0.1) is 0 Å². The van der Waals surface area contributed by atoms with E-state index in [1.165, 1.54) is 17.5 Å². The van der Waals surface area contributed by atoms with Crippen molar-refractivity contribution in [2.75, 3.05) is 6.54 Å². The lowest BCUT2D eigenvalue weighted by molar-refractivity contribution is 0.477. The number of hydrogen-bond acceptors (Lipinski definition) is 3. The van der Waals surface area contributed by atoms with Crippen LogP contribution < -0.4 is 5.32 Å². The summed E-state index contributed by atoms with van der Waals surface area (Å²) in [6.07, 6.45) is 12.2. The molecule has 0 spiro atoms. The first kappa shape index (κ1) is 14.7. The molecule has 108 valence electrons. The summed E-state index contributed by atoms with van der Waals surface area (Å²) in [5.41, 5.74) is 2.66. The van der Waals surface area contributed by atoms with Crippen molar-refractivity contribution in [3.05, 3.63) is 48.0 Å². The fraction of sp³-hybridized carbons (Fsp3) is 0.500. The van der Waals surface area contributed by atoms with Crippen LogP contribution in [0.3, 0.4) is 0 Å². The van der Waals surface area contributed by atoms with Crippen molar-refractivity contribution < 1.29 is 0 Å². The molecule has 4 nitrogen and oxygen atoms in total. The number of nitrogens with zero attached hydrogens (tertiary/aromatic N) is 3. The van der Waals surface area contributed by atoms with Gasteiger partial charge in [-0.3, -0.25) is 9.67 Å². The molecule has 2 aromatic heterocycles. The van der Waals surface area contributed by atoms with E-state index < -0.39 is 0 Å². The molecule has 1 unspecified atom stereocenters. The molecule has 4 heteroatoms. The van der Waals surface area contributed by atoms with Crippen LogP contribution in [0.2, 0.25) is 0 Å². The van der Waals surface area contributed by atoms with E-state index in [-0.39, 0.29) is 0 Å². The molecule has 0 amide bonds. The molecule has 0 bridgehead atoms. The van der Waals surface area contributed by atoms with Crippen LogP contribution in [0.5, 0.6) is 0 Å². The molecule has 0 fully saturated rings. The van der Waals surface area contributed by atoms with E-state index in [9.17, 15) is 0 Å². The Hall–Kier alpha value is -1.68. The van der Waals surface area contributed by atoms with Gasteiger partial charge in [0.05, 0.1) is 6.20 Å². The highest BCUT2D eigenvalue weighted by Gasteiger charge is 2.09. The zero-order valence-electron chi connectivity index (χ0n) is 12.4. The second-order valence-electron chi connectivity index (χ2n) is 5.27. The Balaban J connectivity index is 1.89. The first-order chi connectivity index (χ1) is 9.78. The average Bonchev–Trinajstić information content (AvgIpc) is 2.88. The van der Waals surface area contributed by atoms with E-state index in [2.05, 4.69) is 40.7 Å². The Bertz CT molecular complexity index is 492. The highest BCUT2D eigenvalue weighted by Crippen LogP contribution is 2.09. The number of rotatable bonds is 8. The van der Waals surface area contributed by atoms with E-state index in [0.29, 0.717) is 6.04 Å². The monoisotopic (exact) mass is 272 g/mol. The third-order valence-corrected chi connectivity index (χ3v) is 3.45. The quantitative estimate of drug-likeness (QED) is 0.802. The summed E-state index contributed by atoms with van der Waals surface area (Å²) < 4.78 is 1.87. The van der Waals surface area contributed by atoms with Crippen LogP contribution in [0.15, 0.2) is 36.9 Å². The van der Waals surface area contributed by atoms with Crippen molar-refractivity contribution in [1.29, 1.82) is 0 Å². The maximum atomic E-state index is 4.23. The van der Waals surface area contributed by atoms with Gasteiger partial charge in [0.25, 0.3) is 0 Å². The Labute approximate surface area is 121 Å². The van der Waals surface area contributed by atoms with Crippen molar-refractivity contribution in [2.45, 2.75) is 38.6 Å². The summed E-state index contributed by atoms with van der Waals surface area (Å²) in [4.78, 5) is 4.08. The molecule has 0 radical (unpaired) electrons. The number of pyridine rings is 1. The van der Waals surface area contributed by atoms with Crippen LogP contribution in [-0.2, 0) is 19.9 Å².